The highest BCUT2D eigenvalue weighted by molar-refractivity contribution is 5.89. The van der Waals surface area contributed by atoms with Crippen LogP contribution in [0.2, 0.25) is 0 Å². The lowest BCUT2D eigenvalue weighted by Crippen LogP contribution is -2.25. The number of pyridine rings is 1. The van der Waals surface area contributed by atoms with Gasteiger partial charge in [-0.3, -0.25) is 0 Å². The molecule has 82 valence electrons. The minimum Gasteiger partial charge on any atom is -0.619 e. The van der Waals surface area contributed by atoms with Crippen LogP contribution in [-0.4, -0.2) is 12.6 Å². The second-order valence-electron chi connectivity index (χ2n) is 4.58. The van der Waals surface area contributed by atoms with Crippen LogP contribution < -0.4 is 4.73 Å². The van der Waals surface area contributed by atoms with Crippen molar-refractivity contribution in [3.63, 3.8) is 0 Å². The number of aromatic nitrogens is 1. The van der Waals surface area contributed by atoms with Crippen LogP contribution in [0.1, 0.15) is 31.1 Å². The van der Waals surface area contributed by atoms with Crippen LogP contribution in [-0.2, 0) is 4.74 Å². The molecule has 0 fully saturated rings. The molecule has 1 rings (SSSR count). The van der Waals surface area contributed by atoms with E-state index < -0.39 is 5.97 Å². The summed E-state index contributed by atoms with van der Waals surface area (Å²) in [5, 5.41) is 10.7. The summed E-state index contributed by atoms with van der Waals surface area (Å²) in [6, 6.07) is 2.88. The van der Waals surface area contributed by atoms with Gasteiger partial charge in [-0.05, 0) is 5.41 Å². The molecule has 0 aliphatic rings. The molecule has 4 nitrogen and oxygen atoms in total. The van der Waals surface area contributed by atoms with E-state index in [0.29, 0.717) is 16.9 Å². The Labute approximate surface area is 89.1 Å². The predicted octanol–water partition coefficient (Wildman–Crippen LogP) is 1.52. The fourth-order valence-electron chi connectivity index (χ4n) is 0.914. The van der Waals surface area contributed by atoms with E-state index >= 15 is 0 Å². The van der Waals surface area contributed by atoms with Crippen molar-refractivity contribution in [3.05, 3.63) is 35.3 Å². The third-order valence-corrected chi connectivity index (χ3v) is 1.67. The highest BCUT2D eigenvalue weighted by Crippen LogP contribution is 2.13. The van der Waals surface area contributed by atoms with Gasteiger partial charge in [0.15, 0.2) is 12.4 Å². The number of carbonyl (C=O) groups is 1. The van der Waals surface area contributed by atoms with E-state index in [9.17, 15) is 10.0 Å². The molecule has 4 heteroatoms. The molecule has 0 atom stereocenters. The zero-order chi connectivity index (χ0) is 11.5. The Morgan fingerprint density at radius 3 is 2.40 bits per heavy atom. The van der Waals surface area contributed by atoms with Gasteiger partial charge in [-0.15, -0.1) is 0 Å². The van der Waals surface area contributed by atoms with Crippen molar-refractivity contribution >= 4 is 5.97 Å². The summed E-state index contributed by atoms with van der Waals surface area (Å²) >= 11 is 0. The molecule has 0 saturated heterocycles. The molecular weight excluding hydrogens is 194 g/mol. The van der Waals surface area contributed by atoms with Crippen LogP contribution in [0, 0.1) is 10.6 Å². The van der Waals surface area contributed by atoms with Crippen LogP contribution >= 0.6 is 0 Å². The first kappa shape index (κ1) is 11.5. The topological polar surface area (TPSA) is 53.2 Å². The number of nitrogens with zero attached hydrogens (tertiary/aromatic N) is 1. The van der Waals surface area contributed by atoms with Gasteiger partial charge < -0.3 is 9.94 Å². The molecule has 0 aliphatic carbocycles. The molecule has 15 heavy (non-hydrogen) atoms. The zero-order valence-electron chi connectivity index (χ0n) is 9.19. The Morgan fingerprint density at radius 1 is 1.40 bits per heavy atom. The SMILES string of the molecule is CC(C)(C)COC(=O)c1cc[n+]([O-])cc1. The Bertz CT molecular complexity index is 338. The third kappa shape index (κ3) is 3.97. The third-order valence-electron chi connectivity index (χ3n) is 1.67. The zero-order valence-corrected chi connectivity index (χ0v) is 9.19. The number of carbonyl (C=O) groups excluding carboxylic acids is 1. The molecule has 0 spiro atoms. The Hall–Kier alpha value is -1.58. The van der Waals surface area contributed by atoms with Gasteiger partial charge >= 0.3 is 5.97 Å². The first-order valence-electron chi connectivity index (χ1n) is 4.74. The number of rotatable bonds is 2. The van der Waals surface area contributed by atoms with Gasteiger partial charge in [0, 0.05) is 12.1 Å². The molecule has 0 N–H and O–H groups in total. The highest BCUT2D eigenvalue weighted by Gasteiger charge is 2.15. The van der Waals surface area contributed by atoms with E-state index in [4.69, 9.17) is 4.74 Å². The summed E-state index contributed by atoms with van der Waals surface area (Å²) in [6.45, 7) is 6.31. The maximum Gasteiger partial charge on any atom is 0.338 e. The molecule has 0 saturated carbocycles. The summed E-state index contributed by atoms with van der Waals surface area (Å²) < 4.78 is 5.71. The summed E-state index contributed by atoms with van der Waals surface area (Å²) in [5.41, 5.74) is 0.342. The Kier molecular flexibility index (Phi) is 3.29. The summed E-state index contributed by atoms with van der Waals surface area (Å²) in [7, 11) is 0. The van der Waals surface area contributed by atoms with Gasteiger partial charge in [0.25, 0.3) is 0 Å². The Morgan fingerprint density at radius 2 is 1.93 bits per heavy atom. The van der Waals surface area contributed by atoms with Crippen LogP contribution in [0.25, 0.3) is 0 Å². The van der Waals surface area contributed by atoms with Crippen molar-refractivity contribution in [3.8, 4) is 0 Å². The van der Waals surface area contributed by atoms with E-state index in [-0.39, 0.29) is 5.41 Å². The molecular formula is C11H15NO3. The van der Waals surface area contributed by atoms with Gasteiger partial charge in [0.1, 0.15) is 0 Å². The number of hydrogen-bond acceptors (Lipinski definition) is 3. The molecule has 1 aromatic rings. The lowest BCUT2D eigenvalue weighted by atomic mass is 9.99. The molecule has 1 heterocycles. The molecule has 0 bridgehead atoms. The standard InChI is InChI=1S/C11H15NO3/c1-11(2,3)8-15-10(13)9-4-6-12(14)7-5-9/h4-7H,8H2,1-3H3. The fraction of sp³-hybridized carbons (Fsp3) is 0.455. The first-order valence-corrected chi connectivity index (χ1v) is 4.74. The van der Waals surface area contributed by atoms with E-state index in [1.54, 1.807) is 0 Å². The fourth-order valence-corrected chi connectivity index (χ4v) is 0.914. The van der Waals surface area contributed by atoms with Crippen molar-refractivity contribution in [2.45, 2.75) is 20.8 Å². The van der Waals surface area contributed by atoms with Crippen molar-refractivity contribution in [1.82, 2.24) is 0 Å². The minimum absolute atomic E-state index is 0.0527. The van der Waals surface area contributed by atoms with Gasteiger partial charge in [0.2, 0.25) is 0 Å². The number of hydrogen-bond donors (Lipinski definition) is 0. The van der Waals surface area contributed by atoms with Crippen molar-refractivity contribution < 1.29 is 14.3 Å². The van der Waals surface area contributed by atoms with Gasteiger partial charge in [0.05, 0.1) is 12.2 Å². The van der Waals surface area contributed by atoms with E-state index in [0.717, 1.165) is 0 Å². The van der Waals surface area contributed by atoms with Crippen molar-refractivity contribution in [2.24, 2.45) is 5.41 Å². The van der Waals surface area contributed by atoms with Gasteiger partial charge in [-0.25, -0.2) is 4.79 Å². The smallest absolute Gasteiger partial charge is 0.338 e. The second-order valence-corrected chi connectivity index (χ2v) is 4.58. The second kappa shape index (κ2) is 4.29. The molecule has 0 aliphatic heterocycles. The maximum atomic E-state index is 11.5. The largest absolute Gasteiger partial charge is 0.619 e. The minimum atomic E-state index is -0.398. The normalized spacial score (nSPS) is 11.1. The number of ether oxygens (including phenoxy) is 1. The lowest BCUT2D eigenvalue weighted by Gasteiger charge is -2.17. The van der Waals surface area contributed by atoms with Gasteiger partial charge in [-0.1, -0.05) is 20.8 Å². The van der Waals surface area contributed by atoms with Crippen molar-refractivity contribution in [1.29, 1.82) is 0 Å². The molecule has 0 radical (unpaired) electrons. The van der Waals surface area contributed by atoms with E-state index in [1.807, 2.05) is 20.8 Å². The summed E-state index contributed by atoms with van der Waals surface area (Å²) in [4.78, 5) is 11.5. The summed E-state index contributed by atoms with van der Waals surface area (Å²) in [6.07, 6.45) is 2.54. The first-order chi connectivity index (χ1) is 6.88. The molecule has 0 unspecified atom stereocenters. The van der Waals surface area contributed by atoms with E-state index in [2.05, 4.69) is 0 Å². The molecule has 0 amide bonds. The average Bonchev–Trinajstić information content (AvgIpc) is 2.14. The quantitative estimate of drug-likeness (QED) is 0.421. The molecule has 1 aromatic heterocycles. The predicted molar refractivity (Wildman–Crippen MR) is 55.1 cm³/mol. The Balaban J connectivity index is 2.58. The number of esters is 1. The molecule has 0 aromatic carbocycles. The van der Waals surface area contributed by atoms with Crippen LogP contribution in [0.4, 0.5) is 0 Å². The van der Waals surface area contributed by atoms with Crippen LogP contribution in [0.3, 0.4) is 0 Å². The maximum absolute atomic E-state index is 11.5. The van der Waals surface area contributed by atoms with Crippen LogP contribution in [0.15, 0.2) is 24.5 Å². The van der Waals surface area contributed by atoms with E-state index in [1.165, 1.54) is 24.5 Å². The van der Waals surface area contributed by atoms with Gasteiger partial charge in [-0.2, -0.15) is 4.73 Å². The monoisotopic (exact) mass is 209 g/mol. The lowest BCUT2D eigenvalue weighted by molar-refractivity contribution is -0.605. The average molecular weight is 209 g/mol. The summed E-state index contributed by atoms with van der Waals surface area (Å²) in [5.74, 6) is -0.398. The van der Waals surface area contributed by atoms with Crippen molar-refractivity contribution in [2.75, 3.05) is 6.61 Å². The van der Waals surface area contributed by atoms with Crippen LogP contribution in [0.5, 0.6) is 0 Å². The highest BCUT2D eigenvalue weighted by atomic mass is 16.5.